The van der Waals surface area contributed by atoms with Crippen molar-refractivity contribution < 1.29 is 13.2 Å². The predicted molar refractivity (Wildman–Crippen MR) is 96.0 cm³/mol. The maximum absolute atomic E-state index is 12.3. The van der Waals surface area contributed by atoms with Crippen molar-refractivity contribution in [3.05, 3.63) is 24.5 Å². The lowest BCUT2D eigenvalue weighted by molar-refractivity contribution is 0.0585. The summed E-state index contributed by atoms with van der Waals surface area (Å²) in [6.45, 7) is 3.46. The molecule has 3 aliphatic rings. The van der Waals surface area contributed by atoms with E-state index in [-0.39, 0.29) is 11.4 Å². The molecule has 0 aromatic carbocycles. The van der Waals surface area contributed by atoms with Crippen molar-refractivity contribution in [2.24, 2.45) is 0 Å². The van der Waals surface area contributed by atoms with Gasteiger partial charge in [0.2, 0.25) is 10.0 Å². The molecule has 1 aromatic heterocycles. The Morgan fingerprint density at radius 1 is 0.920 bits per heavy atom. The second-order valence-corrected chi connectivity index (χ2v) is 9.62. The van der Waals surface area contributed by atoms with Crippen molar-refractivity contribution in [3.63, 3.8) is 0 Å². The number of rotatable bonds is 5. The molecule has 1 saturated carbocycles. The number of sulfonamides is 1. The first kappa shape index (κ1) is 17.2. The quantitative estimate of drug-likeness (QED) is 0.797. The number of hydrogen-bond acceptors (Lipinski definition) is 5. The van der Waals surface area contributed by atoms with Crippen LogP contribution < -0.4 is 4.74 Å². The van der Waals surface area contributed by atoms with Crippen molar-refractivity contribution in [1.29, 1.82) is 0 Å². The molecule has 0 atom stereocenters. The summed E-state index contributed by atoms with van der Waals surface area (Å²) in [6.07, 6.45) is 9.48. The summed E-state index contributed by atoms with van der Waals surface area (Å²) >= 11 is 0. The molecule has 138 valence electrons. The highest BCUT2D eigenvalue weighted by Gasteiger charge is 2.41. The minimum Gasteiger partial charge on any atom is -0.490 e. The van der Waals surface area contributed by atoms with Gasteiger partial charge in [-0.25, -0.2) is 12.7 Å². The zero-order valence-electron chi connectivity index (χ0n) is 14.6. The van der Waals surface area contributed by atoms with E-state index in [0.717, 1.165) is 57.4 Å². The molecule has 0 bridgehead atoms. The third kappa shape index (κ3) is 3.99. The van der Waals surface area contributed by atoms with Crippen LogP contribution in [0.3, 0.4) is 0 Å². The van der Waals surface area contributed by atoms with E-state index in [2.05, 4.69) is 9.88 Å². The Hall–Kier alpha value is -1.18. The number of pyridine rings is 1. The van der Waals surface area contributed by atoms with E-state index in [9.17, 15) is 8.42 Å². The smallest absolute Gasteiger partial charge is 0.216 e. The molecule has 25 heavy (non-hydrogen) atoms. The maximum atomic E-state index is 12.3. The fraction of sp³-hybridized carbons (Fsp3) is 0.722. The van der Waals surface area contributed by atoms with Crippen molar-refractivity contribution in [2.75, 3.05) is 26.2 Å². The lowest BCUT2D eigenvalue weighted by Gasteiger charge is -2.41. The minimum atomic E-state index is -3.00. The van der Waals surface area contributed by atoms with E-state index >= 15 is 0 Å². The summed E-state index contributed by atoms with van der Waals surface area (Å²) in [7, 11) is -3.00. The summed E-state index contributed by atoms with van der Waals surface area (Å²) in [6, 6.07) is 4.33. The van der Waals surface area contributed by atoms with Gasteiger partial charge in [-0.2, -0.15) is 0 Å². The largest absolute Gasteiger partial charge is 0.490 e. The summed E-state index contributed by atoms with van der Waals surface area (Å²) in [5, 5.41) is -0.0786. The van der Waals surface area contributed by atoms with Crippen molar-refractivity contribution >= 4 is 10.0 Å². The molecule has 6 nitrogen and oxygen atoms in total. The highest BCUT2D eigenvalue weighted by molar-refractivity contribution is 7.90. The SMILES string of the molecule is O=S(=O)(C1CC1)N1CCC(N2CCC(Oc3ccncc3)CC2)CC1. The van der Waals surface area contributed by atoms with Gasteiger partial charge in [-0.05, 0) is 50.7 Å². The average molecular weight is 365 g/mol. The first-order chi connectivity index (χ1) is 12.1. The average Bonchev–Trinajstić information content (AvgIpc) is 3.49. The van der Waals surface area contributed by atoms with Gasteiger partial charge in [-0.3, -0.25) is 4.98 Å². The molecular formula is C18H27N3O3S. The van der Waals surface area contributed by atoms with Crippen LogP contribution in [0, 0.1) is 0 Å². The van der Waals surface area contributed by atoms with Crippen LogP contribution in [0.4, 0.5) is 0 Å². The lowest BCUT2D eigenvalue weighted by atomic mass is 10.00. The third-order valence-electron chi connectivity index (χ3n) is 5.67. The van der Waals surface area contributed by atoms with Crippen LogP contribution in [0.1, 0.15) is 38.5 Å². The molecule has 0 radical (unpaired) electrons. The second kappa shape index (κ2) is 7.21. The molecule has 2 aliphatic heterocycles. The Kier molecular flexibility index (Phi) is 4.97. The Bertz CT molecular complexity index is 662. The van der Waals surface area contributed by atoms with Gasteiger partial charge < -0.3 is 9.64 Å². The molecular weight excluding hydrogens is 338 g/mol. The van der Waals surface area contributed by atoms with Crippen LogP contribution in [-0.4, -0.2) is 66.2 Å². The molecule has 1 aromatic rings. The molecule has 7 heteroatoms. The van der Waals surface area contributed by atoms with E-state index < -0.39 is 10.0 Å². The predicted octanol–water partition coefficient (Wildman–Crippen LogP) is 1.88. The molecule has 2 saturated heterocycles. The van der Waals surface area contributed by atoms with Crippen LogP contribution in [-0.2, 0) is 10.0 Å². The fourth-order valence-electron chi connectivity index (χ4n) is 4.01. The molecule has 4 rings (SSSR count). The standard InChI is InChI=1S/C18H27N3O3S/c22-25(23,18-1-2-18)21-13-5-15(6-14-21)20-11-7-17(8-12-20)24-16-3-9-19-10-4-16/h3-4,9-10,15,17-18H,1-2,5-8,11-14H2. The van der Waals surface area contributed by atoms with Gasteiger partial charge in [0.05, 0.1) is 5.25 Å². The molecule has 0 N–H and O–H groups in total. The fourth-order valence-corrected chi connectivity index (χ4v) is 5.88. The number of ether oxygens (including phenoxy) is 1. The Morgan fingerprint density at radius 3 is 2.16 bits per heavy atom. The van der Waals surface area contributed by atoms with Gasteiger partial charge in [0.25, 0.3) is 0 Å². The number of likely N-dealkylation sites (tertiary alicyclic amines) is 1. The van der Waals surface area contributed by atoms with E-state index in [1.165, 1.54) is 0 Å². The number of aromatic nitrogens is 1. The summed E-state index contributed by atoms with van der Waals surface area (Å²) in [5.74, 6) is 0.895. The monoisotopic (exact) mass is 365 g/mol. The Morgan fingerprint density at radius 2 is 1.56 bits per heavy atom. The summed E-state index contributed by atoms with van der Waals surface area (Å²) < 4.78 is 32.4. The molecule has 0 amide bonds. The highest BCUT2D eigenvalue weighted by Crippen LogP contribution is 2.33. The molecule has 3 fully saturated rings. The van der Waals surface area contributed by atoms with E-state index in [1.807, 2.05) is 12.1 Å². The van der Waals surface area contributed by atoms with Gasteiger partial charge in [0.1, 0.15) is 11.9 Å². The van der Waals surface area contributed by atoms with Crippen LogP contribution in [0.15, 0.2) is 24.5 Å². The summed E-state index contributed by atoms with van der Waals surface area (Å²) in [5.41, 5.74) is 0. The third-order valence-corrected chi connectivity index (χ3v) is 8.07. The Labute approximate surface area is 150 Å². The first-order valence-electron chi connectivity index (χ1n) is 9.42. The van der Waals surface area contributed by atoms with Gasteiger partial charge >= 0.3 is 0 Å². The molecule has 0 unspecified atom stereocenters. The second-order valence-electron chi connectivity index (χ2n) is 7.41. The first-order valence-corrected chi connectivity index (χ1v) is 10.9. The zero-order chi connectivity index (χ0) is 17.3. The van der Waals surface area contributed by atoms with Gasteiger partial charge in [0.15, 0.2) is 0 Å². The zero-order valence-corrected chi connectivity index (χ0v) is 15.4. The molecule has 3 heterocycles. The van der Waals surface area contributed by atoms with E-state index in [4.69, 9.17) is 4.74 Å². The van der Waals surface area contributed by atoms with E-state index in [1.54, 1.807) is 16.7 Å². The van der Waals surface area contributed by atoms with Crippen LogP contribution in [0.2, 0.25) is 0 Å². The topological polar surface area (TPSA) is 62.7 Å². The van der Waals surface area contributed by atoms with Crippen molar-refractivity contribution in [2.45, 2.75) is 55.9 Å². The van der Waals surface area contributed by atoms with E-state index in [0.29, 0.717) is 19.1 Å². The van der Waals surface area contributed by atoms with Gasteiger partial charge in [-0.1, -0.05) is 0 Å². The lowest BCUT2D eigenvalue weighted by Crippen LogP contribution is -2.50. The minimum absolute atomic E-state index is 0.0786. The van der Waals surface area contributed by atoms with Crippen molar-refractivity contribution in [1.82, 2.24) is 14.2 Å². The number of nitrogens with zero attached hydrogens (tertiary/aromatic N) is 3. The van der Waals surface area contributed by atoms with Gasteiger partial charge in [-0.15, -0.1) is 0 Å². The van der Waals surface area contributed by atoms with Crippen LogP contribution >= 0.6 is 0 Å². The van der Waals surface area contributed by atoms with Crippen LogP contribution in [0.5, 0.6) is 5.75 Å². The Balaban J connectivity index is 1.24. The molecule has 0 spiro atoms. The summed E-state index contributed by atoms with van der Waals surface area (Å²) in [4.78, 5) is 6.55. The molecule has 1 aliphatic carbocycles. The van der Waals surface area contributed by atoms with Crippen molar-refractivity contribution in [3.8, 4) is 5.75 Å². The normalized spacial score (nSPS) is 25.1. The number of hydrogen-bond donors (Lipinski definition) is 0. The van der Waals surface area contributed by atoms with Crippen LogP contribution in [0.25, 0.3) is 0 Å². The maximum Gasteiger partial charge on any atom is 0.216 e. The highest BCUT2D eigenvalue weighted by atomic mass is 32.2. The number of piperidine rings is 2. The van der Waals surface area contributed by atoms with Gasteiger partial charge in [0, 0.05) is 44.6 Å².